The number of hydrogen-bond donors (Lipinski definition) is 3. The smallest absolute Gasteiger partial charge is 1.00 e. The first-order valence-electron chi connectivity index (χ1n) is 2.48. The fraction of sp³-hybridized carbons (Fsp3) is 0.600. The van der Waals surface area contributed by atoms with Crippen molar-refractivity contribution in [3.63, 3.8) is 0 Å². The van der Waals surface area contributed by atoms with E-state index in [2.05, 4.69) is 0 Å². The third kappa shape index (κ3) is 59.9. The van der Waals surface area contributed by atoms with Crippen molar-refractivity contribution in [2.45, 2.75) is 20.0 Å². The minimum atomic E-state index is -1.23. The van der Waals surface area contributed by atoms with Crippen molar-refractivity contribution in [2.75, 3.05) is 0 Å². The molecular weight excluding hydrogens is 236 g/mol. The molecule has 0 spiro atoms. The van der Waals surface area contributed by atoms with Crippen LogP contribution in [0.3, 0.4) is 0 Å². The summed E-state index contributed by atoms with van der Waals surface area (Å²) in [6.07, 6.45) is -1.23. The van der Waals surface area contributed by atoms with Gasteiger partial charge in [0.05, 0.1) is 0 Å². The molecule has 0 aromatic heterocycles. The van der Waals surface area contributed by atoms with Gasteiger partial charge >= 0.3 is 81.4 Å². The molecule has 5 N–H and O–H groups in total. The van der Waals surface area contributed by atoms with Crippen LogP contribution in [0, 0.1) is 0 Å². The third-order valence-corrected chi connectivity index (χ3v) is 0.357. The molecule has 0 aliphatic heterocycles. The Kier molecular flexibility index (Phi) is 42.8. The van der Waals surface area contributed by atoms with Crippen molar-refractivity contribution >= 4 is 87.4 Å². The van der Waals surface area contributed by atoms with Crippen molar-refractivity contribution in [2.24, 2.45) is 0 Å². The molecule has 0 radical (unpaired) electrons. The number of rotatable bonds is 1. The van der Waals surface area contributed by atoms with Crippen LogP contribution in [0.25, 0.3) is 0 Å². The Morgan fingerprint density at radius 2 is 1.31 bits per heavy atom. The second-order valence-corrected chi connectivity index (χ2v) is 1.53. The van der Waals surface area contributed by atoms with Gasteiger partial charge in [-0.25, -0.2) is 4.79 Å². The molecule has 0 aromatic rings. The van der Waals surface area contributed by atoms with Gasteiger partial charge in [0, 0.05) is 6.92 Å². The zero-order valence-corrected chi connectivity index (χ0v) is 12.1. The van der Waals surface area contributed by atoms with Gasteiger partial charge in [-0.2, -0.15) is 0 Å². The minimum Gasteiger partial charge on any atom is -1.00 e. The summed E-state index contributed by atoms with van der Waals surface area (Å²) in [6.45, 7) is 2.28. The van der Waals surface area contributed by atoms with Crippen LogP contribution in [0.1, 0.15) is 19.6 Å². The Morgan fingerprint density at radius 3 is 1.31 bits per heavy atom. The Labute approximate surface area is 142 Å². The molecule has 0 rings (SSSR count). The Hall–Kier alpha value is 1.38. The fourth-order valence-electron chi connectivity index (χ4n) is 0. The molecule has 76 valence electrons. The minimum absolute atomic E-state index is 0. The largest absolute Gasteiger partial charge is 2.00 e. The van der Waals surface area contributed by atoms with Crippen LogP contribution in [0.2, 0.25) is 0 Å². The molecule has 0 fully saturated rings. The van der Waals surface area contributed by atoms with Gasteiger partial charge < -0.3 is 26.5 Å². The first-order valence-corrected chi connectivity index (χ1v) is 2.48. The summed E-state index contributed by atoms with van der Waals surface area (Å²) in [5, 5.41) is 23.2. The summed E-state index contributed by atoms with van der Waals surface area (Å²) in [7, 11) is 0. The second-order valence-electron chi connectivity index (χ2n) is 1.53. The average molecular weight is 252 g/mol. The van der Waals surface area contributed by atoms with Gasteiger partial charge in [0.2, 0.25) is 0 Å². The van der Waals surface area contributed by atoms with Gasteiger partial charge in [0.25, 0.3) is 5.97 Å². The van der Waals surface area contributed by atoms with Gasteiger partial charge in [0.1, 0.15) is 6.10 Å². The second kappa shape index (κ2) is 19.0. The van der Waals surface area contributed by atoms with Crippen molar-refractivity contribution in [3.8, 4) is 0 Å². The molecule has 0 amide bonds. The van der Waals surface area contributed by atoms with E-state index in [4.69, 9.17) is 20.1 Å². The Balaban J connectivity index is -0.00000000783. The van der Waals surface area contributed by atoms with Gasteiger partial charge in [-0.15, -0.1) is 0 Å². The predicted molar refractivity (Wildman–Crippen MR) is 52.2 cm³/mol. The van der Waals surface area contributed by atoms with E-state index in [0.29, 0.717) is 0 Å². The van der Waals surface area contributed by atoms with E-state index in [0.717, 1.165) is 6.92 Å². The molecule has 6 nitrogen and oxygen atoms in total. The molecule has 0 aromatic carbocycles. The van der Waals surface area contributed by atoms with Crippen molar-refractivity contribution < 1.29 is 36.1 Å². The summed E-state index contributed by atoms with van der Waals surface area (Å²) in [4.78, 5) is 18.4. The number of carboxylic acids is 2. The number of carbonyl (C=O) groups is 2. The molecule has 1 unspecified atom stereocenters. The fourth-order valence-corrected chi connectivity index (χ4v) is 0. The number of aliphatic carboxylic acids is 2. The molecule has 0 aliphatic carbocycles. The SMILES string of the molecule is CC(=O)O.CC(O)C(=O)O.O.[Ca+2].[Ca+2].[H-].[H-].[H-].[H-]. The molecule has 0 heterocycles. The average Bonchev–Trinajstić information content (AvgIpc) is 1.63. The van der Waals surface area contributed by atoms with Crippen LogP contribution in [0.5, 0.6) is 0 Å². The molecule has 0 bridgehead atoms. The first-order chi connectivity index (χ1) is 4.37. The van der Waals surface area contributed by atoms with Gasteiger partial charge in [-0.3, -0.25) is 4.79 Å². The molecule has 8 heteroatoms. The maximum atomic E-state index is 9.45. The summed E-state index contributed by atoms with van der Waals surface area (Å²) in [5.41, 5.74) is 0. The van der Waals surface area contributed by atoms with Crippen molar-refractivity contribution in [3.05, 3.63) is 0 Å². The number of aliphatic hydroxyl groups excluding tert-OH is 1. The molecule has 1 atom stereocenters. The van der Waals surface area contributed by atoms with Crippen LogP contribution in [0.15, 0.2) is 0 Å². The zero-order chi connectivity index (χ0) is 8.73. The van der Waals surface area contributed by atoms with Gasteiger partial charge in [-0.1, -0.05) is 0 Å². The van der Waals surface area contributed by atoms with E-state index in [1.165, 1.54) is 6.92 Å². The number of hydrogen-bond acceptors (Lipinski definition) is 3. The Bertz CT molecular complexity index is 136. The quantitative estimate of drug-likeness (QED) is 0.485. The summed E-state index contributed by atoms with van der Waals surface area (Å²) in [6, 6.07) is 0. The molecule has 0 saturated carbocycles. The zero-order valence-electron chi connectivity index (χ0n) is 11.6. The molecule has 13 heavy (non-hydrogen) atoms. The number of carboxylic acid groups (broad SMARTS) is 2. The summed E-state index contributed by atoms with van der Waals surface area (Å²) in [5.74, 6) is -2.02. The van der Waals surface area contributed by atoms with E-state index in [-0.39, 0.29) is 86.7 Å². The van der Waals surface area contributed by atoms with Crippen molar-refractivity contribution in [1.82, 2.24) is 0 Å². The van der Waals surface area contributed by atoms with E-state index >= 15 is 0 Å². The normalized spacial score (nSPS) is 8.23. The maximum Gasteiger partial charge on any atom is 2.00 e. The topological polar surface area (TPSA) is 126 Å². The van der Waals surface area contributed by atoms with E-state index in [9.17, 15) is 4.79 Å². The third-order valence-electron chi connectivity index (χ3n) is 0.357. The van der Waals surface area contributed by atoms with E-state index in [1.807, 2.05) is 0 Å². The standard InChI is InChI=1S/C3H6O3.C2H4O2.2Ca.H2O.4H/c1-2(4)3(5)6;1-2(3)4;;;;;;;/h2,4H,1H3,(H,5,6);1H3,(H,3,4);;;1H2;;;;/q;;2*+2;;4*-1. The first kappa shape index (κ1) is 29.3. The molecular formula is C5H16Ca2O6. The summed E-state index contributed by atoms with van der Waals surface area (Å²) < 4.78 is 0. The number of aliphatic hydroxyl groups is 1. The van der Waals surface area contributed by atoms with Crippen LogP contribution in [0.4, 0.5) is 0 Å². The Morgan fingerprint density at radius 1 is 1.23 bits per heavy atom. The monoisotopic (exact) mass is 252 g/mol. The van der Waals surface area contributed by atoms with Gasteiger partial charge in [-0.05, 0) is 6.92 Å². The van der Waals surface area contributed by atoms with Crippen LogP contribution < -0.4 is 0 Å². The van der Waals surface area contributed by atoms with E-state index < -0.39 is 18.0 Å². The van der Waals surface area contributed by atoms with E-state index in [1.54, 1.807) is 0 Å². The predicted octanol–water partition coefficient (Wildman–Crippen LogP) is -1.59. The van der Waals surface area contributed by atoms with Crippen LogP contribution in [-0.2, 0) is 9.59 Å². The van der Waals surface area contributed by atoms with Crippen LogP contribution >= 0.6 is 0 Å². The van der Waals surface area contributed by atoms with Gasteiger partial charge in [0.15, 0.2) is 0 Å². The van der Waals surface area contributed by atoms with Crippen molar-refractivity contribution in [1.29, 1.82) is 0 Å². The van der Waals surface area contributed by atoms with Crippen LogP contribution in [-0.4, -0.2) is 114 Å². The molecule has 0 aliphatic rings. The molecule has 0 saturated heterocycles. The maximum absolute atomic E-state index is 9.45. The summed E-state index contributed by atoms with van der Waals surface area (Å²) >= 11 is 0.